The molecule has 0 fully saturated rings. The van der Waals surface area contributed by atoms with Crippen LogP contribution in [-0.4, -0.2) is 42.5 Å². The Morgan fingerprint density at radius 2 is 1.96 bits per heavy atom. The molecule has 0 unspecified atom stereocenters. The quantitative estimate of drug-likeness (QED) is 0.453. The lowest BCUT2D eigenvalue weighted by Gasteiger charge is -2.18. The minimum atomic E-state index is -0.404. The second-order valence-electron chi connectivity index (χ2n) is 6.33. The van der Waals surface area contributed by atoms with Gasteiger partial charge in [0.15, 0.2) is 16.6 Å². The summed E-state index contributed by atoms with van der Waals surface area (Å²) in [6, 6.07) is 3.61. The number of nitrogens with zero attached hydrogens (tertiary/aromatic N) is 3. The minimum absolute atomic E-state index is 0.0432. The molecule has 1 heterocycles. The largest absolute Gasteiger partial charge is 0.488 e. The van der Waals surface area contributed by atoms with Gasteiger partial charge in [-0.05, 0) is 37.9 Å². The van der Waals surface area contributed by atoms with Crippen molar-refractivity contribution in [3.63, 3.8) is 0 Å². The number of carbonyl (C=O) groups is 2. The second-order valence-corrected chi connectivity index (χ2v) is 7.34. The van der Waals surface area contributed by atoms with E-state index in [0.29, 0.717) is 22.1 Å². The molecule has 28 heavy (non-hydrogen) atoms. The number of ketones is 1. The summed E-state index contributed by atoms with van der Waals surface area (Å²) >= 11 is 1.36. The molecule has 0 bridgehead atoms. The van der Waals surface area contributed by atoms with Crippen LogP contribution in [0.4, 0.5) is 10.8 Å². The van der Waals surface area contributed by atoms with Crippen LogP contribution in [0.25, 0.3) is 10.2 Å². The normalized spacial score (nSPS) is 10.9. The van der Waals surface area contributed by atoms with E-state index < -0.39 is 5.97 Å². The monoisotopic (exact) mass is 407 g/mol. The topological polar surface area (TPSA) is 107 Å². The van der Waals surface area contributed by atoms with Crippen molar-refractivity contribution in [2.45, 2.75) is 46.6 Å². The summed E-state index contributed by atoms with van der Waals surface area (Å²) in [5.41, 5.74) is 6.78. The van der Waals surface area contributed by atoms with Crippen LogP contribution in [0.5, 0.6) is 5.75 Å². The highest BCUT2D eigenvalue weighted by molar-refractivity contribution is 7.22. The number of fused-ring (bicyclic) bond motifs is 1. The molecular weight excluding hydrogens is 380 g/mol. The predicted octanol–water partition coefficient (Wildman–Crippen LogP) is 2.67. The first kappa shape index (κ1) is 21.7. The molecule has 1 aromatic carbocycles. The Morgan fingerprint density at radius 1 is 1.25 bits per heavy atom. The van der Waals surface area contributed by atoms with E-state index in [2.05, 4.69) is 23.9 Å². The molecule has 0 aliphatic carbocycles. The molecule has 152 valence electrons. The third-order valence-electron chi connectivity index (χ3n) is 4.11. The SMILES string of the molecule is CCOC(=O)CN(CC(C)=O)c1nc2cc(OC(CC)CC)c(N=[NH2+])cc2s1. The van der Waals surface area contributed by atoms with Crippen LogP contribution in [0, 0.1) is 0 Å². The van der Waals surface area contributed by atoms with E-state index in [1.54, 1.807) is 17.9 Å². The first-order chi connectivity index (χ1) is 13.4. The molecule has 0 spiro atoms. The fraction of sp³-hybridized carbons (Fsp3) is 0.526. The first-order valence-corrected chi connectivity index (χ1v) is 10.2. The molecule has 0 saturated carbocycles. The van der Waals surface area contributed by atoms with Gasteiger partial charge in [0, 0.05) is 6.07 Å². The van der Waals surface area contributed by atoms with E-state index in [1.807, 2.05) is 6.07 Å². The highest BCUT2D eigenvalue weighted by Gasteiger charge is 2.20. The lowest BCUT2D eigenvalue weighted by atomic mass is 10.2. The molecule has 0 saturated heterocycles. The third-order valence-corrected chi connectivity index (χ3v) is 5.19. The average molecular weight is 408 g/mol. The zero-order valence-corrected chi connectivity index (χ0v) is 17.5. The molecule has 0 aliphatic heterocycles. The minimum Gasteiger partial charge on any atom is -0.488 e. The average Bonchev–Trinajstić information content (AvgIpc) is 3.07. The van der Waals surface area contributed by atoms with Crippen molar-refractivity contribution in [2.24, 2.45) is 5.11 Å². The van der Waals surface area contributed by atoms with E-state index in [4.69, 9.17) is 15.0 Å². The maximum atomic E-state index is 11.9. The summed E-state index contributed by atoms with van der Waals surface area (Å²) in [7, 11) is 0. The number of aromatic nitrogens is 1. The maximum Gasteiger partial charge on any atom is 0.325 e. The van der Waals surface area contributed by atoms with Gasteiger partial charge in [-0.15, -0.1) is 0 Å². The van der Waals surface area contributed by atoms with Gasteiger partial charge in [0.2, 0.25) is 0 Å². The van der Waals surface area contributed by atoms with Crippen molar-refractivity contribution in [3.8, 4) is 5.75 Å². The molecule has 9 heteroatoms. The Balaban J connectivity index is 2.39. The highest BCUT2D eigenvalue weighted by Crippen LogP contribution is 2.38. The van der Waals surface area contributed by atoms with Gasteiger partial charge in [-0.2, -0.15) is 5.53 Å². The Hall–Kier alpha value is -2.55. The summed E-state index contributed by atoms with van der Waals surface area (Å²) in [4.78, 5) is 29.8. The molecule has 0 radical (unpaired) electrons. The third kappa shape index (κ3) is 5.48. The van der Waals surface area contributed by atoms with Crippen molar-refractivity contribution in [2.75, 3.05) is 24.6 Å². The zero-order chi connectivity index (χ0) is 20.7. The number of ether oxygens (including phenoxy) is 2. The summed E-state index contributed by atoms with van der Waals surface area (Å²) in [5, 5.41) is 4.39. The van der Waals surface area contributed by atoms with E-state index >= 15 is 0 Å². The van der Waals surface area contributed by atoms with Gasteiger partial charge in [-0.25, -0.2) is 4.98 Å². The van der Waals surface area contributed by atoms with E-state index in [0.717, 1.165) is 17.5 Å². The Kier molecular flexibility index (Phi) is 7.86. The number of benzene rings is 1. The van der Waals surface area contributed by atoms with Crippen LogP contribution in [0.2, 0.25) is 0 Å². The maximum absolute atomic E-state index is 11.9. The zero-order valence-electron chi connectivity index (χ0n) is 16.7. The Morgan fingerprint density at radius 3 is 2.54 bits per heavy atom. The van der Waals surface area contributed by atoms with Gasteiger partial charge < -0.3 is 14.4 Å². The van der Waals surface area contributed by atoms with E-state index in [9.17, 15) is 9.59 Å². The fourth-order valence-corrected chi connectivity index (χ4v) is 3.70. The van der Waals surface area contributed by atoms with Crippen molar-refractivity contribution in [1.82, 2.24) is 4.98 Å². The van der Waals surface area contributed by atoms with Crippen LogP contribution in [-0.2, 0) is 14.3 Å². The summed E-state index contributed by atoms with van der Waals surface area (Å²) in [6.07, 6.45) is 1.80. The van der Waals surface area contributed by atoms with Gasteiger partial charge in [0.1, 0.15) is 12.3 Å². The molecule has 0 atom stereocenters. The van der Waals surface area contributed by atoms with E-state index in [1.165, 1.54) is 18.3 Å². The summed E-state index contributed by atoms with van der Waals surface area (Å²) in [5.74, 6) is 0.0985. The smallest absolute Gasteiger partial charge is 0.325 e. The van der Waals surface area contributed by atoms with Crippen molar-refractivity contribution >= 4 is 44.1 Å². The Bertz CT molecular complexity index is 848. The second kappa shape index (κ2) is 10.1. The van der Waals surface area contributed by atoms with Crippen molar-refractivity contribution in [1.29, 1.82) is 0 Å². The Labute approximate surface area is 168 Å². The number of esters is 1. The number of nitrogens with two attached hydrogens (primary N) is 1. The van der Waals surface area contributed by atoms with Crippen molar-refractivity contribution in [3.05, 3.63) is 12.1 Å². The molecule has 2 rings (SSSR count). The molecule has 0 amide bonds. The molecular formula is C19H27N4O4S+. The highest BCUT2D eigenvalue weighted by atomic mass is 32.1. The van der Waals surface area contributed by atoms with Gasteiger partial charge in [-0.3, -0.25) is 9.59 Å². The number of thiazole rings is 1. The molecule has 2 N–H and O–H groups in total. The van der Waals surface area contributed by atoms with Crippen LogP contribution < -0.4 is 15.2 Å². The summed E-state index contributed by atoms with van der Waals surface area (Å²) < 4.78 is 11.9. The van der Waals surface area contributed by atoms with Gasteiger partial charge in [-0.1, -0.05) is 25.2 Å². The number of carbonyl (C=O) groups excluding carboxylic acids is 2. The molecule has 0 aliphatic rings. The van der Waals surface area contributed by atoms with E-state index in [-0.39, 0.29) is 31.6 Å². The van der Waals surface area contributed by atoms with Crippen LogP contribution in [0.3, 0.4) is 0 Å². The first-order valence-electron chi connectivity index (χ1n) is 9.33. The van der Waals surface area contributed by atoms with Gasteiger partial charge >= 0.3 is 5.97 Å². The number of rotatable bonds is 11. The lowest BCUT2D eigenvalue weighted by Crippen LogP contribution is -2.34. The number of hydrogen-bond acceptors (Lipinski definition) is 8. The summed E-state index contributed by atoms with van der Waals surface area (Å²) in [6.45, 7) is 7.64. The lowest BCUT2D eigenvalue weighted by molar-refractivity contribution is -0.210. The standard InChI is InChI=1S/C19H26N4O4S/c1-5-13(6-2)27-16-8-15-17(9-14(16)22-20)28-19(21-15)23(10-12(4)24)11-18(25)26-7-3/h8-9,13,20H,5-7,10-11H2,1-4H3/p+1. The number of anilines is 1. The van der Waals surface area contributed by atoms with Crippen LogP contribution in [0.15, 0.2) is 17.2 Å². The number of hydrogen-bond donors (Lipinski definition) is 1. The van der Waals surface area contributed by atoms with Crippen molar-refractivity contribution < 1.29 is 24.6 Å². The predicted molar refractivity (Wildman–Crippen MR) is 108 cm³/mol. The van der Waals surface area contributed by atoms with Gasteiger partial charge in [0.05, 0.1) is 29.5 Å². The molecule has 8 nitrogen and oxygen atoms in total. The molecule has 1 aromatic heterocycles. The van der Waals surface area contributed by atoms with Crippen LogP contribution in [0.1, 0.15) is 40.5 Å². The molecule has 2 aromatic rings. The fourth-order valence-electron chi connectivity index (χ4n) is 2.72. The van der Waals surface area contributed by atoms with Gasteiger partial charge in [0.25, 0.3) is 0 Å². The van der Waals surface area contributed by atoms with Crippen LogP contribution >= 0.6 is 11.3 Å². The number of Topliss-reactive ketones (excluding diaryl/α,β-unsaturated/α-hetero) is 1.